The lowest BCUT2D eigenvalue weighted by Crippen LogP contribution is -2.42. The van der Waals surface area contributed by atoms with Gasteiger partial charge in [-0.05, 0) is 37.9 Å². The monoisotopic (exact) mass is 342 g/mol. The molecule has 1 aliphatic heterocycles. The lowest BCUT2D eigenvalue weighted by atomic mass is 10.1. The Morgan fingerprint density at radius 2 is 2.14 bits per heavy atom. The van der Waals surface area contributed by atoms with Gasteiger partial charge in [0.2, 0.25) is 0 Å². The number of halogens is 1. The zero-order valence-corrected chi connectivity index (χ0v) is 14.8. The first-order valence-corrected chi connectivity index (χ1v) is 8.36. The Hall–Kier alpha value is -1.11. The number of nitrogens with zero attached hydrogens (tertiary/aromatic N) is 2. The van der Waals surface area contributed by atoms with Crippen molar-refractivity contribution >= 4 is 39.9 Å². The smallest absolute Gasteiger partial charge is 0.261 e. The van der Waals surface area contributed by atoms with Crippen LogP contribution in [0.1, 0.15) is 48.0 Å². The predicted molar refractivity (Wildman–Crippen MR) is 93.3 cm³/mol. The van der Waals surface area contributed by atoms with Crippen molar-refractivity contribution in [3.63, 3.8) is 0 Å². The van der Waals surface area contributed by atoms with Crippen LogP contribution >= 0.6 is 23.7 Å². The van der Waals surface area contributed by atoms with Gasteiger partial charge in [0.15, 0.2) is 0 Å². The third-order valence-electron chi connectivity index (χ3n) is 3.99. The highest BCUT2D eigenvalue weighted by Crippen LogP contribution is 2.31. The lowest BCUT2D eigenvalue weighted by molar-refractivity contribution is 0.0934. The molecule has 22 heavy (non-hydrogen) atoms. The van der Waals surface area contributed by atoms with E-state index in [2.05, 4.69) is 29.6 Å². The van der Waals surface area contributed by atoms with E-state index >= 15 is 0 Å². The summed E-state index contributed by atoms with van der Waals surface area (Å²) in [6.45, 7) is 6.24. The fraction of sp³-hybridized carbons (Fsp3) is 0.600. The number of carbonyl (C=O) groups excluding carboxylic acids is 1. The molecule has 0 saturated carbocycles. The van der Waals surface area contributed by atoms with Gasteiger partial charge < -0.3 is 10.6 Å². The fourth-order valence-electron chi connectivity index (χ4n) is 2.83. The molecular formula is C15H23ClN4OS. The van der Waals surface area contributed by atoms with Crippen molar-refractivity contribution in [2.75, 3.05) is 13.1 Å². The van der Waals surface area contributed by atoms with Crippen molar-refractivity contribution in [3.05, 3.63) is 16.6 Å². The first-order chi connectivity index (χ1) is 10.1. The Morgan fingerprint density at radius 3 is 2.77 bits per heavy atom. The third kappa shape index (κ3) is 3.29. The minimum atomic E-state index is 0. The molecule has 0 bridgehead atoms. The summed E-state index contributed by atoms with van der Waals surface area (Å²) in [5.41, 5.74) is 1.07. The number of aryl methyl sites for hydroxylation is 1. The molecule has 3 heterocycles. The van der Waals surface area contributed by atoms with Crippen molar-refractivity contribution < 1.29 is 4.79 Å². The van der Waals surface area contributed by atoms with E-state index < -0.39 is 0 Å². The molecule has 0 aromatic carbocycles. The highest BCUT2D eigenvalue weighted by molar-refractivity contribution is 7.20. The van der Waals surface area contributed by atoms with Gasteiger partial charge in [-0.15, -0.1) is 23.7 Å². The molecule has 3 rings (SSSR count). The Kier molecular flexibility index (Phi) is 5.47. The van der Waals surface area contributed by atoms with Gasteiger partial charge in [-0.25, -0.2) is 0 Å². The summed E-state index contributed by atoms with van der Waals surface area (Å²) in [5, 5.41) is 12.1. The predicted octanol–water partition coefficient (Wildman–Crippen LogP) is 2.66. The summed E-state index contributed by atoms with van der Waals surface area (Å²) < 4.78 is 1.89. The van der Waals surface area contributed by atoms with Gasteiger partial charge in [-0.3, -0.25) is 9.48 Å². The minimum absolute atomic E-state index is 0. The van der Waals surface area contributed by atoms with E-state index in [1.807, 2.05) is 17.8 Å². The van der Waals surface area contributed by atoms with E-state index in [-0.39, 0.29) is 18.3 Å². The van der Waals surface area contributed by atoms with Gasteiger partial charge in [0.1, 0.15) is 4.83 Å². The molecule has 2 N–H and O–H groups in total. The van der Waals surface area contributed by atoms with Crippen LogP contribution in [0.4, 0.5) is 0 Å². The normalized spacial score (nSPS) is 16.0. The number of nitrogens with one attached hydrogen (secondary N) is 2. The summed E-state index contributed by atoms with van der Waals surface area (Å²) in [6, 6.07) is 2.30. The van der Waals surface area contributed by atoms with Gasteiger partial charge in [-0.2, -0.15) is 5.10 Å². The molecule has 1 amide bonds. The molecule has 0 aliphatic carbocycles. The zero-order chi connectivity index (χ0) is 15.0. The van der Waals surface area contributed by atoms with E-state index in [0.29, 0.717) is 12.0 Å². The zero-order valence-electron chi connectivity index (χ0n) is 13.2. The Labute approximate surface area is 140 Å². The molecule has 1 aliphatic rings. The average molecular weight is 343 g/mol. The van der Waals surface area contributed by atoms with Gasteiger partial charge in [-0.1, -0.05) is 13.8 Å². The van der Waals surface area contributed by atoms with Gasteiger partial charge in [0, 0.05) is 18.5 Å². The van der Waals surface area contributed by atoms with Crippen LogP contribution in [0.15, 0.2) is 6.07 Å². The van der Waals surface area contributed by atoms with Crippen LogP contribution in [0.2, 0.25) is 0 Å². The molecule has 1 saturated heterocycles. The van der Waals surface area contributed by atoms with Crippen LogP contribution in [-0.2, 0) is 7.05 Å². The maximum atomic E-state index is 12.4. The molecule has 0 unspecified atom stereocenters. The standard InChI is InChI=1S/C15H22N4OS.ClH/c1-9(2)13-11-8-12(21-15(11)19(3)18-13)14(20)17-10-4-6-16-7-5-10;/h8-10,16H,4-7H2,1-3H3,(H,17,20);1H. The van der Waals surface area contributed by atoms with Gasteiger partial charge in [0.25, 0.3) is 5.91 Å². The molecule has 2 aromatic heterocycles. The molecule has 1 fully saturated rings. The van der Waals surface area contributed by atoms with E-state index in [1.54, 1.807) is 0 Å². The van der Waals surface area contributed by atoms with Crippen LogP contribution in [0.5, 0.6) is 0 Å². The fourth-order valence-corrected chi connectivity index (χ4v) is 3.81. The van der Waals surface area contributed by atoms with E-state index in [1.165, 1.54) is 11.3 Å². The second-order valence-corrected chi connectivity index (χ2v) is 7.02. The summed E-state index contributed by atoms with van der Waals surface area (Å²) in [7, 11) is 1.94. The maximum Gasteiger partial charge on any atom is 0.261 e. The van der Waals surface area contributed by atoms with E-state index in [0.717, 1.165) is 46.7 Å². The quantitative estimate of drug-likeness (QED) is 0.901. The number of piperidine rings is 1. The second kappa shape index (κ2) is 6.98. The number of hydrogen-bond acceptors (Lipinski definition) is 4. The number of hydrogen-bond donors (Lipinski definition) is 2. The summed E-state index contributed by atoms with van der Waals surface area (Å²) >= 11 is 1.53. The molecule has 0 atom stereocenters. The van der Waals surface area contributed by atoms with Crippen LogP contribution in [0, 0.1) is 0 Å². The number of carbonyl (C=O) groups is 1. The van der Waals surface area contributed by atoms with Crippen LogP contribution in [-0.4, -0.2) is 34.8 Å². The molecule has 0 spiro atoms. The molecule has 2 aromatic rings. The Bertz CT molecular complexity index is 658. The van der Waals surface area contributed by atoms with E-state index in [9.17, 15) is 4.79 Å². The SMILES string of the molecule is CC(C)c1nn(C)c2sc(C(=O)NC3CCNCC3)cc12.Cl. The van der Waals surface area contributed by atoms with Crippen LogP contribution in [0.3, 0.4) is 0 Å². The number of thiophene rings is 1. The minimum Gasteiger partial charge on any atom is -0.349 e. The van der Waals surface area contributed by atoms with Crippen molar-refractivity contribution in [1.29, 1.82) is 0 Å². The van der Waals surface area contributed by atoms with Crippen molar-refractivity contribution in [2.45, 2.75) is 38.6 Å². The lowest BCUT2D eigenvalue weighted by Gasteiger charge is -2.23. The van der Waals surface area contributed by atoms with E-state index in [4.69, 9.17) is 0 Å². The highest BCUT2D eigenvalue weighted by Gasteiger charge is 2.21. The molecular weight excluding hydrogens is 320 g/mol. The topological polar surface area (TPSA) is 59.0 Å². The van der Waals surface area contributed by atoms with Crippen molar-refractivity contribution in [3.8, 4) is 0 Å². The summed E-state index contributed by atoms with van der Waals surface area (Å²) in [4.78, 5) is 14.3. The number of fused-ring (bicyclic) bond motifs is 1. The van der Waals surface area contributed by atoms with Crippen molar-refractivity contribution in [1.82, 2.24) is 20.4 Å². The number of rotatable bonds is 3. The third-order valence-corrected chi connectivity index (χ3v) is 5.19. The highest BCUT2D eigenvalue weighted by atomic mass is 35.5. The maximum absolute atomic E-state index is 12.4. The first-order valence-electron chi connectivity index (χ1n) is 7.54. The number of amides is 1. The Morgan fingerprint density at radius 1 is 1.45 bits per heavy atom. The molecule has 0 radical (unpaired) electrons. The van der Waals surface area contributed by atoms with Crippen LogP contribution in [0.25, 0.3) is 10.2 Å². The molecule has 7 heteroatoms. The second-order valence-electron chi connectivity index (χ2n) is 5.99. The average Bonchev–Trinajstić information content (AvgIpc) is 3.01. The van der Waals surface area contributed by atoms with Gasteiger partial charge >= 0.3 is 0 Å². The largest absolute Gasteiger partial charge is 0.349 e. The number of aromatic nitrogens is 2. The molecule has 122 valence electrons. The summed E-state index contributed by atoms with van der Waals surface area (Å²) in [5.74, 6) is 0.418. The molecule has 5 nitrogen and oxygen atoms in total. The first kappa shape index (κ1) is 17.2. The van der Waals surface area contributed by atoms with Crippen LogP contribution < -0.4 is 10.6 Å². The van der Waals surface area contributed by atoms with Gasteiger partial charge in [0.05, 0.1) is 10.6 Å². The summed E-state index contributed by atoms with van der Waals surface area (Å²) in [6.07, 6.45) is 2.02. The Balaban J connectivity index is 0.00000176. The van der Waals surface area contributed by atoms with Crippen molar-refractivity contribution in [2.24, 2.45) is 7.05 Å².